The summed E-state index contributed by atoms with van der Waals surface area (Å²) in [6.07, 6.45) is 8.29. The molecule has 0 bridgehead atoms. The zero-order chi connectivity index (χ0) is 16.8. The highest BCUT2D eigenvalue weighted by Gasteiger charge is 2.12. The number of carbonyl (C=O) groups is 1. The van der Waals surface area contributed by atoms with Crippen LogP contribution >= 0.6 is 0 Å². The van der Waals surface area contributed by atoms with Crippen LogP contribution in [0.1, 0.15) is 36.3 Å². The van der Waals surface area contributed by atoms with Gasteiger partial charge in [-0.25, -0.2) is 4.98 Å². The second-order valence-electron chi connectivity index (χ2n) is 5.35. The molecule has 0 atom stereocenters. The number of aromatic amines is 1. The maximum atomic E-state index is 12.4. The fourth-order valence-corrected chi connectivity index (χ4v) is 2.25. The Morgan fingerprint density at radius 2 is 2.17 bits per heavy atom. The molecule has 0 aliphatic heterocycles. The van der Waals surface area contributed by atoms with Crippen molar-refractivity contribution in [1.82, 2.24) is 15.3 Å². The van der Waals surface area contributed by atoms with Gasteiger partial charge in [-0.15, -0.1) is 0 Å². The van der Waals surface area contributed by atoms with Crippen LogP contribution < -0.4 is 10.7 Å². The number of hydrogen-bond donors (Lipinski definition) is 2. The van der Waals surface area contributed by atoms with E-state index in [9.17, 15) is 9.59 Å². The molecule has 1 amide bonds. The lowest BCUT2D eigenvalue weighted by Crippen LogP contribution is -2.29. The molecule has 0 unspecified atom stereocenters. The molecule has 0 radical (unpaired) electrons. The third-order valence-electron chi connectivity index (χ3n) is 3.41. The molecule has 2 rings (SSSR count). The molecule has 0 aliphatic carbocycles. The molecule has 2 heterocycles. The van der Waals surface area contributed by atoms with Crippen molar-refractivity contribution >= 4 is 16.9 Å². The fraction of sp³-hybridized carbons (Fsp3) is 0.278. The normalized spacial score (nSPS) is 12.0. The zero-order valence-electron chi connectivity index (χ0n) is 13.6. The number of fused-ring (bicyclic) bond motifs is 1. The Kier molecular flexibility index (Phi) is 5.46. The summed E-state index contributed by atoms with van der Waals surface area (Å²) in [5, 5.41) is 3.14. The number of rotatable bonds is 5. The van der Waals surface area contributed by atoms with Gasteiger partial charge in [-0.2, -0.15) is 0 Å². The van der Waals surface area contributed by atoms with Gasteiger partial charge in [-0.05, 0) is 32.4 Å². The summed E-state index contributed by atoms with van der Waals surface area (Å²) < 4.78 is 0. The Morgan fingerprint density at radius 3 is 2.91 bits per heavy atom. The highest BCUT2D eigenvalue weighted by atomic mass is 16.2. The van der Waals surface area contributed by atoms with Crippen molar-refractivity contribution in [3.05, 3.63) is 63.6 Å². The van der Waals surface area contributed by atoms with E-state index in [2.05, 4.69) is 28.3 Å². The predicted molar refractivity (Wildman–Crippen MR) is 92.6 cm³/mol. The Balaban J connectivity index is 2.13. The van der Waals surface area contributed by atoms with Crippen LogP contribution in [-0.4, -0.2) is 22.4 Å². The van der Waals surface area contributed by atoms with E-state index in [4.69, 9.17) is 0 Å². The van der Waals surface area contributed by atoms with E-state index in [1.54, 1.807) is 12.1 Å². The number of pyridine rings is 2. The van der Waals surface area contributed by atoms with E-state index < -0.39 is 5.91 Å². The first-order chi connectivity index (χ1) is 11.0. The van der Waals surface area contributed by atoms with Crippen LogP contribution in [0.5, 0.6) is 0 Å². The van der Waals surface area contributed by atoms with Gasteiger partial charge in [0.05, 0.1) is 5.39 Å². The van der Waals surface area contributed by atoms with E-state index >= 15 is 0 Å². The summed E-state index contributed by atoms with van der Waals surface area (Å²) in [6, 6.07) is 3.44. The minimum absolute atomic E-state index is 0.0948. The smallest absolute Gasteiger partial charge is 0.257 e. The van der Waals surface area contributed by atoms with Gasteiger partial charge in [0.2, 0.25) is 5.43 Å². The van der Waals surface area contributed by atoms with Crippen molar-refractivity contribution in [2.24, 2.45) is 0 Å². The first-order valence-corrected chi connectivity index (χ1v) is 7.63. The van der Waals surface area contributed by atoms with E-state index in [1.165, 1.54) is 6.20 Å². The monoisotopic (exact) mass is 311 g/mol. The average Bonchev–Trinajstić information content (AvgIpc) is 2.52. The molecule has 0 fully saturated rings. The number of aromatic nitrogens is 2. The highest BCUT2D eigenvalue weighted by Crippen LogP contribution is 2.06. The Bertz CT molecular complexity index is 832. The molecule has 0 spiro atoms. The van der Waals surface area contributed by atoms with Crippen molar-refractivity contribution in [3.8, 4) is 0 Å². The summed E-state index contributed by atoms with van der Waals surface area (Å²) in [5.41, 5.74) is 2.23. The van der Waals surface area contributed by atoms with E-state index in [1.807, 2.05) is 26.0 Å². The number of allylic oxidation sites excluding steroid dienone is 3. The molecule has 0 aromatic carbocycles. The number of amides is 1. The third-order valence-corrected chi connectivity index (χ3v) is 3.41. The van der Waals surface area contributed by atoms with Gasteiger partial charge in [0.15, 0.2) is 0 Å². The molecule has 0 saturated heterocycles. The molecule has 2 aromatic rings. The summed E-state index contributed by atoms with van der Waals surface area (Å²) in [5.74, 6) is -0.393. The zero-order valence-corrected chi connectivity index (χ0v) is 13.6. The molecule has 2 N–H and O–H groups in total. The number of nitrogens with zero attached hydrogens (tertiary/aromatic N) is 1. The Labute approximate surface area is 135 Å². The lowest BCUT2D eigenvalue weighted by molar-refractivity contribution is 0.0957. The number of hydrogen-bond acceptors (Lipinski definition) is 3. The van der Waals surface area contributed by atoms with Gasteiger partial charge >= 0.3 is 0 Å². The van der Waals surface area contributed by atoms with E-state index in [0.717, 1.165) is 17.7 Å². The minimum atomic E-state index is -0.393. The lowest BCUT2D eigenvalue weighted by Gasteiger charge is -2.04. The van der Waals surface area contributed by atoms with Crippen molar-refractivity contribution in [1.29, 1.82) is 0 Å². The molecule has 120 valence electrons. The third kappa shape index (κ3) is 4.16. The SMILES string of the molecule is CC/C=C(C)/C=C\CNC(=O)c1c[nH]c2nc(C)ccc2c1=O. The van der Waals surface area contributed by atoms with Crippen LogP contribution in [0.3, 0.4) is 0 Å². The maximum absolute atomic E-state index is 12.4. The summed E-state index contributed by atoms with van der Waals surface area (Å²) in [7, 11) is 0. The highest BCUT2D eigenvalue weighted by molar-refractivity contribution is 5.96. The minimum Gasteiger partial charge on any atom is -0.348 e. The fourth-order valence-electron chi connectivity index (χ4n) is 2.25. The van der Waals surface area contributed by atoms with Crippen LogP contribution in [0.15, 0.2) is 46.9 Å². The Morgan fingerprint density at radius 1 is 1.39 bits per heavy atom. The largest absolute Gasteiger partial charge is 0.348 e. The molecule has 2 aromatic heterocycles. The van der Waals surface area contributed by atoms with Crippen LogP contribution in [0.2, 0.25) is 0 Å². The molecular formula is C18H21N3O2. The van der Waals surface area contributed by atoms with Gasteiger partial charge in [-0.3, -0.25) is 9.59 Å². The topological polar surface area (TPSA) is 74.8 Å². The summed E-state index contributed by atoms with van der Waals surface area (Å²) in [6.45, 7) is 6.29. The second-order valence-corrected chi connectivity index (χ2v) is 5.35. The second kappa shape index (κ2) is 7.54. The van der Waals surface area contributed by atoms with Crippen LogP contribution in [0, 0.1) is 6.92 Å². The van der Waals surface area contributed by atoms with Crippen molar-refractivity contribution in [2.75, 3.05) is 6.54 Å². The standard InChI is InChI=1S/C18H21N3O2/c1-4-6-12(2)7-5-10-19-18(23)15-11-20-17-14(16(15)22)9-8-13(3)21-17/h5-9,11H,4,10H2,1-3H3,(H,19,23)(H,20,21,22)/b7-5-,12-6+. The number of carbonyl (C=O) groups excluding carboxylic acids is 1. The quantitative estimate of drug-likeness (QED) is 0.834. The summed E-state index contributed by atoms with van der Waals surface area (Å²) in [4.78, 5) is 31.7. The van der Waals surface area contributed by atoms with E-state index in [-0.39, 0.29) is 11.0 Å². The van der Waals surface area contributed by atoms with Crippen molar-refractivity contribution in [3.63, 3.8) is 0 Å². The van der Waals surface area contributed by atoms with Gasteiger partial charge in [0.1, 0.15) is 11.2 Å². The van der Waals surface area contributed by atoms with Gasteiger partial charge in [-0.1, -0.05) is 30.7 Å². The van der Waals surface area contributed by atoms with Crippen LogP contribution in [0.25, 0.3) is 11.0 Å². The molecule has 23 heavy (non-hydrogen) atoms. The van der Waals surface area contributed by atoms with E-state index in [0.29, 0.717) is 17.6 Å². The number of nitrogens with one attached hydrogen (secondary N) is 2. The summed E-state index contributed by atoms with van der Waals surface area (Å²) >= 11 is 0. The first-order valence-electron chi connectivity index (χ1n) is 7.63. The van der Waals surface area contributed by atoms with Gasteiger partial charge < -0.3 is 10.3 Å². The van der Waals surface area contributed by atoms with Crippen molar-refractivity contribution in [2.45, 2.75) is 27.2 Å². The molecule has 0 saturated carbocycles. The average molecular weight is 311 g/mol. The Hall–Kier alpha value is -2.69. The maximum Gasteiger partial charge on any atom is 0.257 e. The number of H-pyrrole nitrogens is 1. The predicted octanol–water partition coefficient (Wildman–Crippen LogP) is 2.87. The molecule has 5 heteroatoms. The van der Waals surface area contributed by atoms with Gasteiger partial charge in [0, 0.05) is 18.4 Å². The van der Waals surface area contributed by atoms with Crippen molar-refractivity contribution < 1.29 is 4.79 Å². The van der Waals surface area contributed by atoms with Gasteiger partial charge in [0.25, 0.3) is 5.91 Å². The lowest BCUT2D eigenvalue weighted by atomic mass is 10.2. The molecule has 5 nitrogen and oxygen atoms in total. The molecular weight excluding hydrogens is 290 g/mol. The number of aryl methyl sites for hydroxylation is 1. The van der Waals surface area contributed by atoms with Crippen LogP contribution in [-0.2, 0) is 0 Å². The molecule has 0 aliphatic rings. The van der Waals surface area contributed by atoms with Crippen LogP contribution in [0.4, 0.5) is 0 Å². The first kappa shape index (κ1) is 16.7.